The molecule has 1 aromatic heterocycles. The molecule has 4 N–H and O–H groups in total. The number of nitrogens with zero attached hydrogens (tertiary/aromatic N) is 4. The molecule has 13 heteroatoms. The standard InChI is InChI=1S/C19H24ClF5N6O/c1-11(19(23,24)25)32-16-28-14(30-8-7-18(21,22)10-30)13(26)15(29-16)31(27)9-17(2)6-4-3-5-12(17)20/h3-5,11H,6-10,26-27H2,1-2H3. The molecule has 0 spiro atoms. The van der Waals surface area contributed by atoms with E-state index in [-0.39, 0.29) is 30.4 Å². The lowest BCUT2D eigenvalue weighted by Gasteiger charge is -2.35. The van der Waals surface area contributed by atoms with Crippen molar-refractivity contribution >= 4 is 28.9 Å². The molecular formula is C19H24ClF5N6O. The molecule has 1 fully saturated rings. The molecule has 0 bridgehead atoms. The molecule has 0 amide bonds. The Balaban J connectivity index is 1.98. The van der Waals surface area contributed by atoms with Gasteiger partial charge in [-0.25, -0.2) is 14.6 Å². The molecule has 1 aromatic rings. The molecule has 2 unspecified atom stereocenters. The average molecular weight is 483 g/mol. The van der Waals surface area contributed by atoms with Gasteiger partial charge in [-0.05, 0) is 19.4 Å². The molecule has 2 heterocycles. The van der Waals surface area contributed by atoms with Gasteiger partial charge >= 0.3 is 12.2 Å². The lowest BCUT2D eigenvalue weighted by molar-refractivity contribution is -0.190. The average Bonchev–Trinajstić information content (AvgIpc) is 3.04. The molecule has 1 aliphatic heterocycles. The number of aromatic nitrogens is 2. The maximum Gasteiger partial charge on any atom is 0.425 e. The summed E-state index contributed by atoms with van der Waals surface area (Å²) in [4.78, 5) is 9.04. The summed E-state index contributed by atoms with van der Waals surface area (Å²) in [7, 11) is 0. The zero-order valence-corrected chi connectivity index (χ0v) is 18.2. The molecule has 3 rings (SSSR count). The van der Waals surface area contributed by atoms with Crippen LogP contribution in [0.1, 0.15) is 26.7 Å². The Hall–Kier alpha value is -2.34. The summed E-state index contributed by atoms with van der Waals surface area (Å²) < 4.78 is 71.4. The third kappa shape index (κ3) is 5.17. The van der Waals surface area contributed by atoms with Crippen LogP contribution in [0.5, 0.6) is 6.01 Å². The van der Waals surface area contributed by atoms with Crippen LogP contribution in [0.25, 0.3) is 0 Å². The van der Waals surface area contributed by atoms with Gasteiger partial charge < -0.3 is 15.4 Å². The lowest BCUT2D eigenvalue weighted by atomic mass is 9.83. The summed E-state index contributed by atoms with van der Waals surface area (Å²) in [5.74, 6) is 2.90. The smallest absolute Gasteiger partial charge is 0.425 e. The van der Waals surface area contributed by atoms with Crippen molar-refractivity contribution in [2.75, 3.05) is 35.3 Å². The Morgan fingerprint density at radius 3 is 2.59 bits per heavy atom. The zero-order chi connectivity index (χ0) is 23.9. The predicted molar refractivity (Wildman–Crippen MR) is 112 cm³/mol. The minimum Gasteiger partial charge on any atom is -0.451 e. The maximum atomic E-state index is 13.8. The highest BCUT2D eigenvalue weighted by Crippen LogP contribution is 2.41. The number of allylic oxidation sites excluding steroid dienone is 3. The summed E-state index contributed by atoms with van der Waals surface area (Å²) in [6.07, 6.45) is -1.44. The van der Waals surface area contributed by atoms with Crippen LogP contribution in [-0.4, -0.2) is 47.8 Å². The van der Waals surface area contributed by atoms with Crippen molar-refractivity contribution in [2.45, 2.75) is 44.9 Å². The molecule has 2 atom stereocenters. The van der Waals surface area contributed by atoms with Gasteiger partial charge in [0.2, 0.25) is 0 Å². The minimum atomic E-state index is -4.69. The van der Waals surface area contributed by atoms with E-state index in [1.165, 1.54) is 4.90 Å². The van der Waals surface area contributed by atoms with Gasteiger partial charge in [0.25, 0.3) is 5.92 Å². The molecule has 0 aromatic carbocycles. The fourth-order valence-corrected chi connectivity index (χ4v) is 3.66. The number of anilines is 3. The fourth-order valence-electron chi connectivity index (χ4n) is 3.45. The SMILES string of the molecule is CC(Oc1nc(N(N)CC2(C)CC=CC=C2Cl)c(N)c(N2CCC(F)(F)C2)n1)C(F)(F)F. The number of alkyl halides is 5. The first-order chi connectivity index (χ1) is 14.7. The monoisotopic (exact) mass is 482 g/mol. The van der Waals surface area contributed by atoms with Crippen molar-refractivity contribution in [3.05, 3.63) is 23.3 Å². The molecule has 2 aliphatic rings. The summed E-state index contributed by atoms with van der Waals surface area (Å²) in [6.45, 7) is 1.94. The first kappa shape index (κ1) is 24.3. The second kappa shape index (κ2) is 8.54. The van der Waals surface area contributed by atoms with E-state index >= 15 is 0 Å². The maximum absolute atomic E-state index is 13.8. The van der Waals surface area contributed by atoms with Gasteiger partial charge in [-0.2, -0.15) is 23.1 Å². The van der Waals surface area contributed by atoms with E-state index in [1.54, 1.807) is 12.2 Å². The van der Waals surface area contributed by atoms with Gasteiger partial charge in [0, 0.05) is 30.0 Å². The molecule has 0 saturated carbocycles. The normalized spacial score (nSPS) is 23.8. The summed E-state index contributed by atoms with van der Waals surface area (Å²) >= 11 is 6.33. The van der Waals surface area contributed by atoms with E-state index in [1.807, 2.05) is 13.0 Å². The van der Waals surface area contributed by atoms with Crippen molar-refractivity contribution in [2.24, 2.45) is 11.3 Å². The van der Waals surface area contributed by atoms with E-state index in [0.29, 0.717) is 11.5 Å². The lowest BCUT2D eigenvalue weighted by Crippen LogP contribution is -2.42. The number of nitrogen functional groups attached to an aromatic ring is 1. The summed E-state index contributed by atoms with van der Waals surface area (Å²) in [5, 5.41) is 1.64. The molecule has 1 aliphatic carbocycles. The third-order valence-corrected chi connectivity index (χ3v) is 5.99. The van der Waals surface area contributed by atoms with E-state index in [4.69, 9.17) is 27.9 Å². The second-order valence-electron chi connectivity index (χ2n) is 8.23. The molecular weight excluding hydrogens is 459 g/mol. The Kier molecular flexibility index (Phi) is 6.49. The molecule has 178 valence electrons. The van der Waals surface area contributed by atoms with Gasteiger partial charge in [0.15, 0.2) is 17.7 Å². The third-order valence-electron chi connectivity index (χ3n) is 5.41. The Labute approximate surface area is 186 Å². The van der Waals surface area contributed by atoms with Gasteiger partial charge in [-0.15, -0.1) is 0 Å². The second-order valence-corrected chi connectivity index (χ2v) is 8.64. The van der Waals surface area contributed by atoms with E-state index in [9.17, 15) is 22.0 Å². The van der Waals surface area contributed by atoms with E-state index < -0.39 is 42.6 Å². The quantitative estimate of drug-likeness (QED) is 0.359. The van der Waals surface area contributed by atoms with E-state index in [2.05, 4.69) is 9.97 Å². The first-order valence-electron chi connectivity index (χ1n) is 9.80. The van der Waals surface area contributed by atoms with Crippen LogP contribution in [0.3, 0.4) is 0 Å². The first-order valence-corrected chi connectivity index (χ1v) is 10.2. The van der Waals surface area contributed by atoms with Crippen LogP contribution in [-0.2, 0) is 0 Å². The highest BCUT2D eigenvalue weighted by Gasteiger charge is 2.42. The largest absolute Gasteiger partial charge is 0.451 e. The highest BCUT2D eigenvalue weighted by molar-refractivity contribution is 6.30. The van der Waals surface area contributed by atoms with Crippen molar-refractivity contribution in [1.29, 1.82) is 0 Å². The number of rotatable bonds is 6. The number of hydrogen-bond donors (Lipinski definition) is 2. The Bertz CT molecular complexity index is 924. The van der Waals surface area contributed by atoms with Crippen LogP contribution in [0.2, 0.25) is 0 Å². The number of hydrogen-bond acceptors (Lipinski definition) is 7. The van der Waals surface area contributed by atoms with Crippen molar-refractivity contribution < 1.29 is 26.7 Å². The van der Waals surface area contributed by atoms with Crippen LogP contribution in [0, 0.1) is 5.41 Å². The highest BCUT2D eigenvalue weighted by atomic mass is 35.5. The predicted octanol–water partition coefficient (Wildman–Crippen LogP) is 4.00. The molecule has 1 saturated heterocycles. The van der Waals surface area contributed by atoms with Crippen molar-refractivity contribution in [3.63, 3.8) is 0 Å². The molecule has 0 radical (unpaired) electrons. The van der Waals surface area contributed by atoms with Crippen LogP contribution >= 0.6 is 11.6 Å². The van der Waals surface area contributed by atoms with Crippen LogP contribution in [0.4, 0.5) is 39.3 Å². The van der Waals surface area contributed by atoms with Gasteiger partial charge in [-0.1, -0.05) is 30.7 Å². The topological polar surface area (TPSA) is 93.5 Å². The molecule has 7 nitrogen and oxygen atoms in total. The number of hydrazine groups is 1. The van der Waals surface area contributed by atoms with E-state index in [0.717, 1.165) is 11.9 Å². The van der Waals surface area contributed by atoms with Gasteiger partial charge in [0.05, 0.1) is 6.54 Å². The van der Waals surface area contributed by atoms with Crippen LogP contribution in [0.15, 0.2) is 23.3 Å². The zero-order valence-electron chi connectivity index (χ0n) is 17.5. The number of halogens is 6. The van der Waals surface area contributed by atoms with Gasteiger partial charge in [0.1, 0.15) is 5.69 Å². The number of nitrogens with two attached hydrogens (primary N) is 2. The fraction of sp³-hybridized carbons (Fsp3) is 0.579. The van der Waals surface area contributed by atoms with Crippen molar-refractivity contribution in [3.8, 4) is 6.01 Å². The van der Waals surface area contributed by atoms with Gasteiger partial charge in [-0.3, -0.25) is 5.01 Å². The summed E-state index contributed by atoms with van der Waals surface area (Å²) in [6, 6.07) is -0.671. The molecule has 32 heavy (non-hydrogen) atoms. The Morgan fingerprint density at radius 2 is 2.03 bits per heavy atom. The summed E-state index contributed by atoms with van der Waals surface area (Å²) in [5.41, 5.74) is 5.38. The van der Waals surface area contributed by atoms with Crippen LogP contribution < -0.4 is 26.2 Å². The van der Waals surface area contributed by atoms with Crippen molar-refractivity contribution in [1.82, 2.24) is 9.97 Å². The Morgan fingerprint density at radius 1 is 1.34 bits per heavy atom. The number of ether oxygens (including phenoxy) is 1. The minimum absolute atomic E-state index is 0.0937.